The first kappa shape index (κ1) is 17.1. The van der Waals surface area contributed by atoms with E-state index in [0.717, 1.165) is 29.8 Å². The molecular formula is C19H21N3O3. The summed E-state index contributed by atoms with van der Waals surface area (Å²) >= 11 is 0. The van der Waals surface area contributed by atoms with Gasteiger partial charge in [0, 0.05) is 12.8 Å². The molecule has 0 bridgehead atoms. The van der Waals surface area contributed by atoms with Crippen LogP contribution in [0.1, 0.15) is 23.2 Å². The van der Waals surface area contributed by atoms with Crippen LogP contribution in [0.15, 0.2) is 30.5 Å². The SMILES string of the molecule is COc1ccc(Cc2cnc(C#N)c(NC3CCOC3)c2)cc1OC. The van der Waals surface area contributed by atoms with Crippen LogP contribution in [0.3, 0.4) is 0 Å². The van der Waals surface area contributed by atoms with E-state index < -0.39 is 0 Å². The molecular weight excluding hydrogens is 318 g/mol. The zero-order valence-electron chi connectivity index (χ0n) is 14.4. The number of pyridine rings is 1. The van der Waals surface area contributed by atoms with Crippen LogP contribution in [0.25, 0.3) is 0 Å². The molecule has 1 atom stereocenters. The van der Waals surface area contributed by atoms with Gasteiger partial charge in [-0.15, -0.1) is 0 Å². The molecule has 0 amide bonds. The summed E-state index contributed by atoms with van der Waals surface area (Å²) in [6, 6.07) is 10.2. The monoisotopic (exact) mass is 339 g/mol. The molecule has 0 saturated carbocycles. The van der Waals surface area contributed by atoms with Crippen molar-refractivity contribution < 1.29 is 14.2 Å². The van der Waals surface area contributed by atoms with E-state index in [1.807, 2.05) is 24.3 Å². The third-order valence-corrected chi connectivity index (χ3v) is 4.20. The van der Waals surface area contributed by atoms with Crippen molar-refractivity contribution in [2.24, 2.45) is 0 Å². The molecule has 2 aromatic rings. The van der Waals surface area contributed by atoms with E-state index in [-0.39, 0.29) is 6.04 Å². The molecule has 0 aliphatic carbocycles. The molecule has 130 valence electrons. The van der Waals surface area contributed by atoms with Crippen molar-refractivity contribution in [3.05, 3.63) is 47.3 Å². The van der Waals surface area contributed by atoms with E-state index in [2.05, 4.69) is 16.4 Å². The third kappa shape index (κ3) is 4.01. The number of aromatic nitrogens is 1. The molecule has 1 unspecified atom stereocenters. The highest BCUT2D eigenvalue weighted by atomic mass is 16.5. The maximum absolute atomic E-state index is 9.28. The first-order valence-electron chi connectivity index (χ1n) is 8.17. The number of nitriles is 1. The summed E-state index contributed by atoms with van der Waals surface area (Å²) in [5.74, 6) is 1.40. The smallest absolute Gasteiger partial charge is 0.163 e. The highest BCUT2D eigenvalue weighted by molar-refractivity contribution is 5.56. The quantitative estimate of drug-likeness (QED) is 0.872. The van der Waals surface area contributed by atoms with Crippen molar-refractivity contribution in [3.8, 4) is 17.6 Å². The Balaban J connectivity index is 1.81. The van der Waals surface area contributed by atoms with Gasteiger partial charge in [-0.1, -0.05) is 6.07 Å². The fourth-order valence-electron chi connectivity index (χ4n) is 2.90. The van der Waals surface area contributed by atoms with Crippen molar-refractivity contribution in [2.45, 2.75) is 18.9 Å². The Bertz CT molecular complexity index is 780. The standard InChI is InChI=1S/C19H21N3O3/c1-23-18-4-3-13(9-19(18)24-2)7-14-8-16(17(10-20)21-11-14)22-15-5-6-25-12-15/h3-4,8-9,11,15,22H,5-7,12H2,1-2H3. The lowest BCUT2D eigenvalue weighted by Crippen LogP contribution is -2.20. The lowest BCUT2D eigenvalue weighted by molar-refractivity contribution is 0.195. The molecule has 1 aromatic carbocycles. The summed E-state index contributed by atoms with van der Waals surface area (Å²) in [6.07, 6.45) is 3.37. The van der Waals surface area contributed by atoms with E-state index in [9.17, 15) is 5.26 Å². The minimum Gasteiger partial charge on any atom is -0.493 e. The second-order valence-corrected chi connectivity index (χ2v) is 5.92. The number of nitrogens with zero attached hydrogens (tertiary/aromatic N) is 2. The van der Waals surface area contributed by atoms with Gasteiger partial charge in [-0.2, -0.15) is 5.26 Å². The summed E-state index contributed by atoms with van der Waals surface area (Å²) in [4.78, 5) is 4.29. The summed E-state index contributed by atoms with van der Waals surface area (Å²) in [7, 11) is 3.24. The fraction of sp³-hybridized carbons (Fsp3) is 0.368. The van der Waals surface area contributed by atoms with Gasteiger partial charge >= 0.3 is 0 Å². The molecule has 6 heteroatoms. The number of anilines is 1. The molecule has 1 aromatic heterocycles. The lowest BCUT2D eigenvalue weighted by Gasteiger charge is -2.14. The average molecular weight is 339 g/mol. The van der Waals surface area contributed by atoms with E-state index in [4.69, 9.17) is 14.2 Å². The van der Waals surface area contributed by atoms with Gasteiger partial charge in [0.05, 0.1) is 32.6 Å². The second kappa shape index (κ2) is 7.86. The van der Waals surface area contributed by atoms with Gasteiger partial charge in [0.25, 0.3) is 0 Å². The van der Waals surface area contributed by atoms with Gasteiger partial charge in [0.2, 0.25) is 0 Å². The van der Waals surface area contributed by atoms with E-state index in [1.54, 1.807) is 20.4 Å². The normalized spacial score (nSPS) is 16.3. The Labute approximate surface area is 147 Å². The van der Waals surface area contributed by atoms with Crippen LogP contribution >= 0.6 is 0 Å². The lowest BCUT2D eigenvalue weighted by atomic mass is 10.0. The topological polar surface area (TPSA) is 76.4 Å². The molecule has 3 rings (SSSR count). The molecule has 1 N–H and O–H groups in total. The Kier molecular flexibility index (Phi) is 5.36. The minimum absolute atomic E-state index is 0.227. The van der Waals surface area contributed by atoms with Gasteiger partial charge in [-0.25, -0.2) is 4.98 Å². The summed E-state index contributed by atoms with van der Waals surface area (Å²) in [5.41, 5.74) is 3.27. The van der Waals surface area contributed by atoms with Crippen LogP contribution in [-0.4, -0.2) is 38.5 Å². The van der Waals surface area contributed by atoms with E-state index in [0.29, 0.717) is 30.2 Å². The molecule has 2 heterocycles. The number of hydrogen-bond donors (Lipinski definition) is 1. The van der Waals surface area contributed by atoms with Crippen LogP contribution in [0.5, 0.6) is 11.5 Å². The Morgan fingerprint density at radius 1 is 1.24 bits per heavy atom. The zero-order chi connectivity index (χ0) is 17.6. The largest absolute Gasteiger partial charge is 0.493 e. The van der Waals surface area contributed by atoms with Crippen molar-refractivity contribution in [1.29, 1.82) is 5.26 Å². The van der Waals surface area contributed by atoms with Gasteiger partial charge in [-0.3, -0.25) is 0 Å². The Hall–Kier alpha value is -2.78. The molecule has 0 radical (unpaired) electrons. The summed E-state index contributed by atoms with van der Waals surface area (Å²) in [6.45, 7) is 1.41. The van der Waals surface area contributed by atoms with E-state index in [1.165, 1.54) is 0 Å². The maximum atomic E-state index is 9.28. The van der Waals surface area contributed by atoms with Crippen molar-refractivity contribution in [3.63, 3.8) is 0 Å². The summed E-state index contributed by atoms with van der Waals surface area (Å²) in [5, 5.41) is 12.7. The molecule has 1 aliphatic rings. The fourth-order valence-corrected chi connectivity index (χ4v) is 2.90. The predicted molar refractivity (Wildman–Crippen MR) is 94.2 cm³/mol. The molecule has 25 heavy (non-hydrogen) atoms. The number of ether oxygens (including phenoxy) is 3. The van der Waals surface area contributed by atoms with Crippen LogP contribution in [0.2, 0.25) is 0 Å². The average Bonchev–Trinajstić information content (AvgIpc) is 3.15. The van der Waals surface area contributed by atoms with E-state index >= 15 is 0 Å². The Morgan fingerprint density at radius 3 is 2.76 bits per heavy atom. The first-order chi connectivity index (χ1) is 12.2. The number of methoxy groups -OCH3 is 2. The van der Waals surface area contributed by atoms with Crippen molar-refractivity contribution in [1.82, 2.24) is 4.98 Å². The molecule has 1 aliphatic heterocycles. The van der Waals surface area contributed by atoms with Gasteiger partial charge < -0.3 is 19.5 Å². The number of rotatable bonds is 6. The second-order valence-electron chi connectivity index (χ2n) is 5.92. The molecule has 6 nitrogen and oxygen atoms in total. The highest BCUT2D eigenvalue weighted by Crippen LogP contribution is 2.29. The minimum atomic E-state index is 0.227. The number of nitrogens with one attached hydrogen (secondary N) is 1. The molecule has 1 saturated heterocycles. The van der Waals surface area contributed by atoms with Gasteiger partial charge in [-0.05, 0) is 42.2 Å². The van der Waals surface area contributed by atoms with Crippen molar-refractivity contribution in [2.75, 3.05) is 32.8 Å². The Morgan fingerprint density at radius 2 is 2.08 bits per heavy atom. The van der Waals surface area contributed by atoms with Gasteiger partial charge in [0.1, 0.15) is 6.07 Å². The third-order valence-electron chi connectivity index (χ3n) is 4.20. The predicted octanol–water partition coefficient (Wildman–Crippen LogP) is 2.76. The van der Waals surface area contributed by atoms with Crippen LogP contribution in [0, 0.1) is 11.3 Å². The van der Waals surface area contributed by atoms with Crippen molar-refractivity contribution >= 4 is 5.69 Å². The van der Waals surface area contributed by atoms with Crippen LogP contribution in [0.4, 0.5) is 5.69 Å². The summed E-state index contributed by atoms with van der Waals surface area (Å²) < 4.78 is 16.0. The van der Waals surface area contributed by atoms with Crippen LogP contribution < -0.4 is 14.8 Å². The first-order valence-corrected chi connectivity index (χ1v) is 8.17. The molecule has 1 fully saturated rings. The van der Waals surface area contributed by atoms with Gasteiger partial charge in [0.15, 0.2) is 17.2 Å². The maximum Gasteiger partial charge on any atom is 0.163 e. The zero-order valence-corrected chi connectivity index (χ0v) is 14.4. The highest BCUT2D eigenvalue weighted by Gasteiger charge is 2.17. The number of benzene rings is 1. The van der Waals surface area contributed by atoms with Crippen LogP contribution in [-0.2, 0) is 11.2 Å². The number of hydrogen-bond acceptors (Lipinski definition) is 6. The molecule has 0 spiro atoms.